The number of anilines is 1. The Hall–Kier alpha value is -2.50. The Morgan fingerprint density at radius 1 is 0.962 bits per heavy atom. The number of carbonyl (C=O) groups is 1. The summed E-state index contributed by atoms with van der Waals surface area (Å²) in [6.07, 6.45) is 9.37. The fraction of sp³-hybridized carbons (Fsp3) is 0.500. The Balaban J connectivity index is 1.35. The van der Waals surface area contributed by atoms with Gasteiger partial charge < -0.3 is 9.80 Å². The standard InChI is InChI=1S/C20H25N5O/c26-20(16-5-2-1-3-6-16)25-13-11-24(12-14-25)19-9-8-18(22-23-19)17-7-4-10-21-15-17/h4,7-10,15-16H,1-3,5-6,11-14H2. The fourth-order valence-corrected chi connectivity index (χ4v) is 3.93. The molecule has 6 heteroatoms. The molecule has 0 unspecified atom stereocenters. The van der Waals surface area contributed by atoms with Gasteiger partial charge in [0.2, 0.25) is 5.91 Å². The van der Waals surface area contributed by atoms with Crippen LogP contribution in [-0.2, 0) is 4.79 Å². The molecule has 1 aliphatic carbocycles. The molecule has 0 N–H and O–H groups in total. The van der Waals surface area contributed by atoms with Crippen LogP contribution in [0.1, 0.15) is 32.1 Å². The number of piperazine rings is 1. The highest BCUT2D eigenvalue weighted by Crippen LogP contribution is 2.26. The second kappa shape index (κ2) is 7.81. The third-order valence-electron chi connectivity index (χ3n) is 5.48. The molecular formula is C20H25N5O. The summed E-state index contributed by atoms with van der Waals surface area (Å²) in [5.74, 6) is 1.50. The van der Waals surface area contributed by atoms with Crippen LogP contribution in [0.3, 0.4) is 0 Å². The van der Waals surface area contributed by atoms with E-state index in [1.54, 1.807) is 12.4 Å². The van der Waals surface area contributed by atoms with E-state index in [4.69, 9.17) is 0 Å². The summed E-state index contributed by atoms with van der Waals surface area (Å²) < 4.78 is 0. The van der Waals surface area contributed by atoms with E-state index in [2.05, 4.69) is 20.1 Å². The summed E-state index contributed by atoms with van der Waals surface area (Å²) in [7, 11) is 0. The first kappa shape index (κ1) is 16.9. The Morgan fingerprint density at radius 2 is 1.77 bits per heavy atom. The molecule has 0 spiro atoms. The minimum absolute atomic E-state index is 0.258. The molecule has 2 fully saturated rings. The van der Waals surface area contributed by atoms with Crippen molar-refractivity contribution >= 4 is 11.7 Å². The summed E-state index contributed by atoms with van der Waals surface area (Å²) >= 11 is 0. The lowest BCUT2D eigenvalue weighted by Crippen LogP contribution is -2.50. The lowest BCUT2D eigenvalue weighted by Gasteiger charge is -2.37. The van der Waals surface area contributed by atoms with Crippen LogP contribution in [0.2, 0.25) is 0 Å². The minimum Gasteiger partial charge on any atom is -0.352 e. The van der Waals surface area contributed by atoms with Crippen LogP contribution in [0.15, 0.2) is 36.7 Å². The van der Waals surface area contributed by atoms with Gasteiger partial charge >= 0.3 is 0 Å². The van der Waals surface area contributed by atoms with Crippen molar-refractivity contribution in [3.8, 4) is 11.3 Å². The monoisotopic (exact) mass is 351 g/mol. The first-order chi connectivity index (χ1) is 12.8. The van der Waals surface area contributed by atoms with Gasteiger partial charge in [-0.25, -0.2) is 0 Å². The highest BCUT2D eigenvalue weighted by Gasteiger charge is 2.28. The number of carbonyl (C=O) groups excluding carboxylic acids is 1. The van der Waals surface area contributed by atoms with Crippen LogP contribution in [-0.4, -0.2) is 52.2 Å². The Bertz CT molecular complexity index is 720. The molecule has 0 bridgehead atoms. The first-order valence-corrected chi connectivity index (χ1v) is 9.59. The van der Waals surface area contributed by atoms with Crippen molar-refractivity contribution in [2.24, 2.45) is 5.92 Å². The number of nitrogens with zero attached hydrogens (tertiary/aromatic N) is 5. The Labute approximate surface area is 154 Å². The summed E-state index contributed by atoms with van der Waals surface area (Å²) in [6, 6.07) is 7.87. The van der Waals surface area contributed by atoms with Crippen LogP contribution < -0.4 is 4.90 Å². The van der Waals surface area contributed by atoms with Crippen molar-refractivity contribution in [3.63, 3.8) is 0 Å². The molecule has 1 amide bonds. The molecule has 0 radical (unpaired) electrons. The number of aromatic nitrogens is 3. The molecule has 6 nitrogen and oxygen atoms in total. The van der Waals surface area contributed by atoms with E-state index in [0.717, 1.165) is 56.1 Å². The number of rotatable bonds is 3. The maximum absolute atomic E-state index is 12.7. The summed E-state index contributed by atoms with van der Waals surface area (Å²) in [5.41, 5.74) is 1.79. The topological polar surface area (TPSA) is 62.2 Å². The lowest BCUT2D eigenvalue weighted by atomic mass is 9.88. The zero-order valence-electron chi connectivity index (χ0n) is 15.0. The summed E-state index contributed by atoms with van der Waals surface area (Å²) in [4.78, 5) is 21.1. The predicted octanol–water partition coefficient (Wildman–Crippen LogP) is 2.77. The van der Waals surface area contributed by atoms with Crippen LogP contribution >= 0.6 is 0 Å². The fourth-order valence-electron chi connectivity index (χ4n) is 3.93. The van der Waals surface area contributed by atoms with Crippen LogP contribution in [0.25, 0.3) is 11.3 Å². The van der Waals surface area contributed by atoms with Gasteiger partial charge in [-0.1, -0.05) is 19.3 Å². The predicted molar refractivity (Wildman–Crippen MR) is 101 cm³/mol. The van der Waals surface area contributed by atoms with Gasteiger partial charge in [0.25, 0.3) is 0 Å². The highest BCUT2D eigenvalue weighted by atomic mass is 16.2. The maximum atomic E-state index is 12.7. The average molecular weight is 351 g/mol. The SMILES string of the molecule is O=C(C1CCCCC1)N1CCN(c2ccc(-c3cccnc3)nn2)CC1. The number of hydrogen-bond donors (Lipinski definition) is 0. The molecule has 2 aliphatic rings. The van der Waals surface area contributed by atoms with E-state index in [9.17, 15) is 4.79 Å². The molecule has 26 heavy (non-hydrogen) atoms. The van der Waals surface area contributed by atoms with Gasteiger partial charge in [0.05, 0.1) is 5.69 Å². The molecule has 2 aromatic rings. The molecular weight excluding hydrogens is 326 g/mol. The van der Waals surface area contributed by atoms with E-state index in [1.165, 1.54) is 19.3 Å². The first-order valence-electron chi connectivity index (χ1n) is 9.59. The minimum atomic E-state index is 0.258. The molecule has 0 atom stereocenters. The third-order valence-corrected chi connectivity index (χ3v) is 5.48. The Kier molecular flexibility index (Phi) is 5.09. The summed E-state index contributed by atoms with van der Waals surface area (Å²) in [5, 5.41) is 8.72. The molecule has 1 saturated heterocycles. The number of pyridine rings is 1. The lowest BCUT2D eigenvalue weighted by molar-refractivity contribution is -0.136. The van der Waals surface area contributed by atoms with Crippen molar-refractivity contribution in [2.75, 3.05) is 31.1 Å². The van der Waals surface area contributed by atoms with Crippen molar-refractivity contribution < 1.29 is 4.79 Å². The van der Waals surface area contributed by atoms with E-state index < -0.39 is 0 Å². The average Bonchev–Trinajstić information content (AvgIpc) is 2.75. The van der Waals surface area contributed by atoms with Crippen molar-refractivity contribution in [1.82, 2.24) is 20.1 Å². The second-order valence-corrected chi connectivity index (χ2v) is 7.17. The quantitative estimate of drug-likeness (QED) is 0.851. The van der Waals surface area contributed by atoms with Crippen LogP contribution in [0.5, 0.6) is 0 Å². The molecule has 0 aromatic carbocycles. The van der Waals surface area contributed by atoms with E-state index >= 15 is 0 Å². The normalized spacial score (nSPS) is 18.8. The van der Waals surface area contributed by atoms with Gasteiger partial charge in [-0.15, -0.1) is 10.2 Å². The highest BCUT2D eigenvalue weighted by molar-refractivity contribution is 5.79. The van der Waals surface area contributed by atoms with Gasteiger partial charge in [-0.2, -0.15) is 0 Å². The van der Waals surface area contributed by atoms with Gasteiger partial charge in [-0.05, 0) is 37.1 Å². The van der Waals surface area contributed by atoms with Crippen molar-refractivity contribution in [2.45, 2.75) is 32.1 Å². The zero-order valence-corrected chi connectivity index (χ0v) is 15.0. The van der Waals surface area contributed by atoms with E-state index in [1.807, 2.05) is 29.2 Å². The smallest absolute Gasteiger partial charge is 0.225 e. The zero-order chi connectivity index (χ0) is 17.8. The van der Waals surface area contributed by atoms with Crippen molar-refractivity contribution in [1.29, 1.82) is 0 Å². The largest absolute Gasteiger partial charge is 0.352 e. The van der Waals surface area contributed by atoms with Gasteiger partial charge in [0.15, 0.2) is 5.82 Å². The molecule has 3 heterocycles. The van der Waals surface area contributed by atoms with Crippen LogP contribution in [0, 0.1) is 5.92 Å². The molecule has 1 saturated carbocycles. The van der Waals surface area contributed by atoms with Gasteiger partial charge in [0.1, 0.15) is 0 Å². The van der Waals surface area contributed by atoms with E-state index in [-0.39, 0.29) is 5.92 Å². The molecule has 2 aromatic heterocycles. The summed E-state index contributed by atoms with van der Waals surface area (Å²) in [6.45, 7) is 3.20. The van der Waals surface area contributed by atoms with Gasteiger partial charge in [-0.3, -0.25) is 9.78 Å². The van der Waals surface area contributed by atoms with Gasteiger partial charge in [0, 0.05) is 50.1 Å². The Morgan fingerprint density at radius 3 is 2.42 bits per heavy atom. The molecule has 4 rings (SSSR count). The molecule has 1 aliphatic heterocycles. The number of hydrogen-bond acceptors (Lipinski definition) is 5. The van der Waals surface area contributed by atoms with Crippen molar-refractivity contribution in [3.05, 3.63) is 36.7 Å². The second-order valence-electron chi connectivity index (χ2n) is 7.17. The molecule has 136 valence electrons. The third kappa shape index (κ3) is 3.69. The maximum Gasteiger partial charge on any atom is 0.225 e. The van der Waals surface area contributed by atoms with Crippen LogP contribution in [0.4, 0.5) is 5.82 Å². The number of amides is 1. The van der Waals surface area contributed by atoms with E-state index in [0.29, 0.717) is 5.91 Å².